The molecule has 0 atom stereocenters. The lowest BCUT2D eigenvalue weighted by Gasteiger charge is -2.05. The molecule has 1 aromatic heterocycles. The number of rotatable bonds is 2. The van der Waals surface area contributed by atoms with Crippen LogP contribution in [-0.4, -0.2) is 26.8 Å². The Hall–Kier alpha value is -1.30. The molecule has 1 aromatic rings. The molecule has 72 valence electrons. The van der Waals surface area contributed by atoms with Gasteiger partial charge < -0.3 is 10.5 Å². The summed E-state index contributed by atoms with van der Waals surface area (Å²) in [5, 5.41) is 0. The maximum absolute atomic E-state index is 11.2. The van der Waals surface area contributed by atoms with Crippen LogP contribution in [0.2, 0.25) is 0 Å². The van der Waals surface area contributed by atoms with Gasteiger partial charge in [-0.3, -0.25) is 0 Å². The summed E-state index contributed by atoms with van der Waals surface area (Å²) < 4.78 is 27.2. The number of nitrogens with two attached hydrogens (primary N) is 1. The first-order chi connectivity index (χ1) is 5.95. The molecule has 0 aliphatic carbocycles. The van der Waals surface area contributed by atoms with E-state index in [1.54, 1.807) is 0 Å². The van der Waals surface area contributed by atoms with Crippen molar-refractivity contribution in [2.75, 3.05) is 19.1 Å². The van der Waals surface area contributed by atoms with Crippen molar-refractivity contribution in [2.45, 2.75) is 4.90 Å². The highest BCUT2D eigenvalue weighted by atomic mass is 32.2. The van der Waals surface area contributed by atoms with E-state index in [1.807, 2.05) is 0 Å². The van der Waals surface area contributed by atoms with E-state index in [2.05, 4.69) is 4.98 Å². The predicted molar refractivity (Wildman–Crippen MR) is 48.3 cm³/mol. The lowest BCUT2D eigenvalue weighted by atomic mass is 10.4. The monoisotopic (exact) mass is 202 g/mol. The molecule has 0 saturated carbocycles. The predicted octanol–water partition coefficient (Wildman–Crippen LogP) is 0.0759. The number of nitrogen functional groups attached to an aromatic ring is 1. The maximum Gasteiger partial charge on any atom is 0.180 e. The molecule has 1 heterocycles. The van der Waals surface area contributed by atoms with Crippen molar-refractivity contribution in [1.29, 1.82) is 0 Å². The van der Waals surface area contributed by atoms with Gasteiger partial charge in [0.1, 0.15) is 16.5 Å². The molecule has 6 heteroatoms. The average Bonchev–Trinajstić information content (AvgIpc) is 2.01. The first-order valence-electron chi connectivity index (χ1n) is 3.44. The fourth-order valence-electron chi connectivity index (χ4n) is 0.877. The normalized spacial score (nSPS) is 11.2. The Bertz CT molecular complexity index is 414. The summed E-state index contributed by atoms with van der Waals surface area (Å²) in [6, 6.07) is 1.37. The molecule has 0 aromatic carbocycles. The third-order valence-electron chi connectivity index (χ3n) is 1.47. The molecule has 0 aliphatic rings. The van der Waals surface area contributed by atoms with Gasteiger partial charge in [-0.2, -0.15) is 0 Å². The van der Waals surface area contributed by atoms with Crippen LogP contribution in [0.25, 0.3) is 0 Å². The van der Waals surface area contributed by atoms with Gasteiger partial charge in [0.2, 0.25) is 0 Å². The Morgan fingerprint density at radius 3 is 2.62 bits per heavy atom. The lowest BCUT2D eigenvalue weighted by Crippen LogP contribution is -2.03. The summed E-state index contributed by atoms with van der Waals surface area (Å²) in [7, 11) is -1.93. The molecule has 0 bridgehead atoms. The highest BCUT2D eigenvalue weighted by molar-refractivity contribution is 7.90. The Balaban J connectivity index is 3.39. The first-order valence-corrected chi connectivity index (χ1v) is 5.34. The van der Waals surface area contributed by atoms with E-state index in [4.69, 9.17) is 10.5 Å². The maximum atomic E-state index is 11.2. The number of anilines is 1. The Kier molecular flexibility index (Phi) is 2.42. The summed E-state index contributed by atoms with van der Waals surface area (Å²) in [5.41, 5.74) is 5.36. The lowest BCUT2D eigenvalue weighted by molar-refractivity contribution is 0.402. The van der Waals surface area contributed by atoms with E-state index in [0.717, 1.165) is 6.26 Å². The van der Waals surface area contributed by atoms with E-state index < -0.39 is 9.84 Å². The number of ether oxygens (including phenoxy) is 1. The van der Waals surface area contributed by atoms with Gasteiger partial charge in [0.15, 0.2) is 9.84 Å². The molecule has 5 nitrogen and oxygen atoms in total. The van der Waals surface area contributed by atoms with E-state index in [0.29, 0.717) is 0 Å². The molecule has 0 radical (unpaired) electrons. The minimum atomic E-state index is -3.31. The fourth-order valence-corrected chi connectivity index (χ4v) is 1.63. The summed E-state index contributed by atoms with van der Waals surface area (Å²) in [4.78, 5) is 3.72. The summed E-state index contributed by atoms with van der Waals surface area (Å²) >= 11 is 0. The van der Waals surface area contributed by atoms with Crippen LogP contribution in [0.1, 0.15) is 0 Å². The Morgan fingerprint density at radius 1 is 1.54 bits per heavy atom. The van der Waals surface area contributed by atoms with Crippen LogP contribution in [0.5, 0.6) is 5.75 Å². The van der Waals surface area contributed by atoms with Gasteiger partial charge >= 0.3 is 0 Å². The van der Waals surface area contributed by atoms with E-state index in [-0.39, 0.29) is 16.5 Å². The highest BCUT2D eigenvalue weighted by Gasteiger charge is 2.14. The van der Waals surface area contributed by atoms with Crippen LogP contribution in [-0.2, 0) is 9.84 Å². The second kappa shape index (κ2) is 3.21. The van der Waals surface area contributed by atoms with Crippen LogP contribution >= 0.6 is 0 Å². The number of sulfone groups is 1. The zero-order valence-corrected chi connectivity index (χ0v) is 8.13. The van der Waals surface area contributed by atoms with Crippen molar-refractivity contribution in [1.82, 2.24) is 4.98 Å². The second-order valence-electron chi connectivity index (χ2n) is 2.53. The van der Waals surface area contributed by atoms with Crippen molar-refractivity contribution < 1.29 is 13.2 Å². The van der Waals surface area contributed by atoms with Gasteiger partial charge in [-0.1, -0.05) is 0 Å². The second-order valence-corrected chi connectivity index (χ2v) is 4.52. The first kappa shape index (κ1) is 9.79. The van der Waals surface area contributed by atoms with Crippen molar-refractivity contribution in [3.8, 4) is 5.75 Å². The zero-order chi connectivity index (χ0) is 10.1. The molecule has 0 aliphatic heterocycles. The van der Waals surface area contributed by atoms with Crippen LogP contribution in [0, 0.1) is 0 Å². The fraction of sp³-hybridized carbons (Fsp3) is 0.286. The number of hydrogen-bond donors (Lipinski definition) is 1. The topological polar surface area (TPSA) is 82.3 Å². The Morgan fingerprint density at radius 2 is 2.15 bits per heavy atom. The van der Waals surface area contributed by atoms with Crippen molar-refractivity contribution in [2.24, 2.45) is 0 Å². The minimum Gasteiger partial charge on any atom is -0.495 e. The van der Waals surface area contributed by atoms with Gasteiger partial charge in [0.25, 0.3) is 0 Å². The molecule has 0 spiro atoms. The van der Waals surface area contributed by atoms with E-state index in [9.17, 15) is 8.42 Å². The van der Waals surface area contributed by atoms with Gasteiger partial charge in [0, 0.05) is 12.3 Å². The Labute approximate surface area is 76.5 Å². The third kappa shape index (κ3) is 2.09. The summed E-state index contributed by atoms with van der Waals surface area (Å²) in [6.07, 6.45) is 2.27. The summed E-state index contributed by atoms with van der Waals surface area (Å²) in [5.74, 6) is 0.444. The van der Waals surface area contributed by atoms with Crippen molar-refractivity contribution in [3.05, 3.63) is 12.3 Å². The molecular formula is C7H10N2O3S. The number of pyridine rings is 1. The van der Waals surface area contributed by atoms with Gasteiger partial charge in [-0.25, -0.2) is 13.4 Å². The molecule has 2 N–H and O–H groups in total. The number of aromatic nitrogens is 1. The minimum absolute atomic E-state index is 0.0456. The smallest absolute Gasteiger partial charge is 0.180 e. The molecule has 0 unspecified atom stereocenters. The number of nitrogens with zero attached hydrogens (tertiary/aromatic N) is 1. The van der Waals surface area contributed by atoms with E-state index in [1.165, 1.54) is 19.4 Å². The van der Waals surface area contributed by atoms with Crippen molar-refractivity contribution >= 4 is 15.7 Å². The number of methoxy groups -OCH3 is 1. The van der Waals surface area contributed by atoms with Crippen LogP contribution < -0.4 is 10.5 Å². The zero-order valence-electron chi connectivity index (χ0n) is 7.31. The van der Waals surface area contributed by atoms with Gasteiger partial charge in [-0.05, 0) is 0 Å². The molecule has 1 rings (SSSR count). The van der Waals surface area contributed by atoms with Gasteiger partial charge in [-0.15, -0.1) is 0 Å². The van der Waals surface area contributed by atoms with Crippen LogP contribution in [0.15, 0.2) is 17.2 Å². The summed E-state index contributed by atoms with van der Waals surface area (Å²) in [6.45, 7) is 0. The molecule has 0 saturated heterocycles. The quantitative estimate of drug-likeness (QED) is 0.734. The number of hydrogen-bond acceptors (Lipinski definition) is 5. The highest BCUT2D eigenvalue weighted by Crippen LogP contribution is 2.23. The van der Waals surface area contributed by atoms with Crippen molar-refractivity contribution in [3.63, 3.8) is 0 Å². The van der Waals surface area contributed by atoms with Gasteiger partial charge in [0.05, 0.1) is 13.3 Å². The molecule has 13 heavy (non-hydrogen) atoms. The molecule has 0 fully saturated rings. The third-order valence-corrected chi connectivity index (χ3v) is 2.58. The molecular weight excluding hydrogens is 192 g/mol. The van der Waals surface area contributed by atoms with Crippen LogP contribution in [0.4, 0.5) is 5.82 Å². The largest absolute Gasteiger partial charge is 0.495 e. The molecule has 0 amide bonds. The average molecular weight is 202 g/mol. The van der Waals surface area contributed by atoms with E-state index >= 15 is 0 Å². The van der Waals surface area contributed by atoms with Crippen LogP contribution in [0.3, 0.4) is 0 Å². The SMILES string of the molecule is COc1cc(N)ncc1S(C)(=O)=O. The standard InChI is InChI=1S/C7H10N2O3S/c1-12-5-3-7(8)9-4-6(5)13(2,10)11/h3-4H,1-2H3,(H2,8,9).